The minimum Gasteiger partial charge on any atom is -0.394 e. The molecule has 0 spiro atoms. The second-order valence-corrected chi connectivity index (χ2v) is 6.30. The number of nitrogens with two attached hydrogens (primary N) is 1. The lowest BCUT2D eigenvalue weighted by Crippen LogP contribution is -2.50. The molecule has 0 aliphatic carbocycles. The van der Waals surface area contributed by atoms with Crippen LogP contribution >= 0.6 is 11.3 Å². The van der Waals surface area contributed by atoms with E-state index in [1.165, 1.54) is 10.4 Å². The average molecular weight is 256 g/mol. The summed E-state index contributed by atoms with van der Waals surface area (Å²) in [4.78, 5) is 3.47. The summed E-state index contributed by atoms with van der Waals surface area (Å²) < 4.78 is 0. The van der Waals surface area contributed by atoms with Gasteiger partial charge in [0.15, 0.2) is 0 Å². The third-order valence-electron chi connectivity index (χ3n) is 3.43. The smallest absolute Gasteiger partial charge is 0.0610 e. The second kappa shape index (κ2) is 5.48. The Bertz CT molecular complexity index is 360. The highest BCUT2D eigenvalue weighted by Gasteiger charge is 2.33. The fourth-order valence-electron chi connectivity index (χ4n) is 1.94. The number of aliphatic hydroxyl groups excluding tert-OH is 1. The highest BCUT2D eigenvalue weighted by Crippen LogP contribution is 2.33. The molecule has 3 N–H and O–H groups in total. The molecule has 0 bridgehead atoms. The Morgan fingerprint density at radius 1 is 1.53 bits per heavy atom. The van der Waals surface area contributed by atoms with E-state index in [-0.39, 0.29) is 24.2 Å². The first kappa shape index (κ1) is 14.6. The van der Waals surface area contributed by atoms with Crippen LogP contribution in [-0.4, -0.2) is 35.2 Å². The Kier molecular flexibility index (Phi) is 4.72. The van der Waals surface area contributed by atoms with E-state index in [0.29, 0.717) is 0 Å². The third-order valence-corrected chi connectivity index (χ3v) is 4.52. The summed E-state index contributed by atoms with van der Waals surface area (Å²) in [7, 11) is 2.03. The van der Waals surface area contributed by atoms with E-state index in [0.717, 1.165) is 0 Å². The van der Waals surface area contributed by atoms with Crippen molar-refractivity contribution in [2.24, 2.45) is 5.73 Å². The van der Waals surface area contributed by atoms with Gasteiger partial charge in [0, 0.05) is 16.5 Å². The highest BCUT2D eigenvalue weighted by atomic mass is 32.1. The molecule has 98 valence electrons. The topological polar surface area (TPSA) is 49.5 Å². The maximum absolute atomic E-state index is 9.48. The van der Waals surface area contributed by atoms with Gasteiger partial charge in [-0.3, -0.25) is 4.90 Å². The van der Waals surface area contributed by atoms with Crippen LogP contribution in [0.5, 0.6) is 0 Å². The number of aryl methyl sites for hydroxylation is 1. The molecule has 0 aliphatic heterocycles. The molecule has 1 aromatic rings. The van der Waals surface area contributed by atoms with Crippen molar-refractivity contribution >= 4 is 11.3 Å². The molecule has 0 aromatic carbocycles. The van der Waals surface area contributed by atoms with Crippen molar-refractivity contribution in [3.05, 3.63) is 21.9 Å². The van der Waals surface area contributed by atoms with Crippen molar-refractivity contribution in [2.45, 2.75) is 45.3 Å². The standard InChI is InChI=1S/C13H24N2OS/c1-9-6-7-17-12(9)11(10(2)14)15(5)13(3,4)8-16/h6-7,10-11,16H,8,14H2,1-5H3. The molecule has 0 fully saturated rings. The zero-order valence-corrected chi connectivity index (χ0v) is 12.2. The van der Waals surface area contributed by atoms with Gasteiger partial charge >= 0.3 is 0 Å². The van der Waals surface area contributed by atoms with Crippen molar-refractivity contribution in [1.29, 1.82) is 0 Å². The molecule has 2 unspecified atom stereocenters. The van der Waals surface area contributed by atoms with Gasteiger partial charge in [-0.2, -0.15) is 0 Å². The van der Waals surface area contributed by atoms with Crippen LogP contribution < -0.4 is 5.73 Å². The molecule has 4 heteroatoms. The molecule has 0 saturated heterocycles. The van der Waals surface area contributed by atoms with Crippen LogP contribution in [0.15, 0.2) is 11.4 Å². The van der Waals surface area contributed by atoms with Crippen molar-refractivity contribution in [3.8, 4) is 0 Å². The summed E-state index contributed by atoms with van der Waals surface area (Å²) in [5.74, 6) is 0. The quantitative estimate of drug-likeness (QED) is 0.848. The zero-order chi connectivity index (χ0) is 13.2. The van der Waals surface area contributed by atoms with Crippen molar-refractivity contribution in [2.75, 3.05) is 13.7 Å². The summed E-state index contributed by atoms with van der Waals surface area (Å²) in [5, 5.41) is 11.6. The lowest BCUT2D eigenvalue weighted by Gasteiger charge is -2.41. The molecule has 1 aromatic heterocycles. The van der Waals surface area contributed by atoms with Gasteiger partial charge < -0.3 is 10.8 Å². The second-order valence-electron chi connectivity index (χ2n) is 5.35. The monoisotopic (exact) mass is 256 g/mol. The first-order chi connectivity index (χ1) is 7.81. The largest absolute Gasteiger partial charge is 0.394 e. The predicted octanol–water partition coefficient (Wildman–Crippen LogP) is 2.15. The first-order valence-electron chi connectivity index (χ1n) is 5.94. The van der Waals surface area contributed by atoms with Crippen LogP contribution in [0.25, 0.3) is 0 Å². The van der Waals surface area contributed by atoms with Gasteiger partial charge in [0.2, 0.25) is 0 Å². The Morgan fingerprint density at radius 3 is 2.47 bits per heavy atom. The van der Waals surface area contributed by atoms with Crippen LogP contribution in [0.3, 0.4) is 0 Å². The number of thiophene rings is 1. The molecule has 1 rings (SSSR count). The number of nitrogens with zero attached hydrogens (tertiary/aromatic N) is 1. The van der Waals surface area contributed by atoms with Crippen LogP contribution in [0.1, 0.15) is 37.3 Å². The molecule has 1 heterocycles. The normalized spacial score (nSPS) is 16.2. The maximum Gasteiger partial charge on any atom is 0.0610 e. The zero-order valence-electron chi connectivity index (χ0n) is 11.4. The Balaban J connectivity index is 3.07. The minimum absolute atomic E-state index is 0.0307. The Labute approximate surface area is 108 Å². The molecular formula is C13H24N2OS. The lowest BCUT2D eigenvalue weighted by atomic mass is 9.97. The van der Waals surface area contributed by atoms with Crippen LogP contribution in [0.4, 0.5) is 0 Å². The van der Waals surface area contributed by atoms with E-state index in [2.05, 4.69) is 23.3 Å². The summed E-state index contributed by atoms with van der Waals surface area (Å²) in [6.07, 6.45) is 0. The highest BCUT2D eigenvalue weighted by molar-refractivity contribution is 7.10. The van der Waals surface area contributed by atoms with E-state index in [9.17, 15) is 5.11 Å². The number of hydrogen-bond donors (Lipinski definition) is 2. The molecule has 2 atom stereocenters. The number of likely N-dealkylation sites (N-methyl/N-ethyl adjacent to an activating group) is 1. The van der Waals surface area contributed by atoms with Gasteiger partial charge in [0.05, 0.1) is 12.6 Å². The van der Waals surface area contributed by atoms with E-state index >= 15 is 0 Å². The van der Waals surface area contributed by atoms with E-state index in [1.807, 2.05) is 27.8 Å². The molecule has 0 amide bonds. The summed E-state index contributed by atoms with van der Waals surface area (Å²) in [6.45, 7) is 8.32. The van der Waals surface area contributed by atoms with Gasteiger partial charge in [-0.1, -0.05) is 0 Å². The molecule has 17 heavy (non-hydrogen) atoms. The van der Waals surface area contributed by atoms with E-state index < -0.39 is 0 Å². The maximum atomic E-state index is 9.48. The van der Waals surface area contributed by atoms with Gasteiger partial charge in [-0.25, -0.2) is 0 Å². The summed E-state index contributed by atoms with van der Waals surface area (Å²) >= 11 is 1.74. The fourth-order valence-corrected chi connectivity index (χ4v) is 3.13. The van der Waals surface area contributed by atoms with Crippen molar-refractivity contribution in [1.82, 2.24) is 4.90 Å². The van der Waals surface area contributed by atoms with Gasteiger partial charge in [-0.05, 0) is 51.8 Å². The lowest BCUT2D eigenvalue weighted by molar-refractivity contribution is 0.0381. The average Bonchev–Trinajstić information content (AvgIpc) is 2.64. The Hall–Kier alpha value is -0.420. The van der Waals surface area contributed by atoms with Gasteiger partial charge in [0.1, 0.15) is 0 Å². The van der Waals surface area contributed by atoms with E-state index in [4.69, 9.17) is 5.73 Å². The first-order valence-corrected chi connectivity index (χ1v) is 6.82. The van der Waals surface area contributed by atoms with E-state index in [1.54, 1.807) is 11.3 Å². The van der Waals surface area contributed by atoms with Crippen LogP contribution in [0, 0.1) is 6.92 Å². The van der Waals surface area contributed by atoms with Crippen LogP contribution in [-0.2, 0) is 0 Å². The minimum atomic E-state index is -0.269. The van der Waals surface area contributed by atoms with Gasteiger partial charge in [-0.15, -0.1) is 11.3 Å². The fraction of sp³-hybridized carbons (Fsp3) is 0.692. The molecule has 0 saturated carbocycles. The predicted molar refractivity (Wildman–Crippen MR) is 74.4 cm³/mol. The molecule has 0 radical (unpaired) electrons. The number of aliphatic hydroxyl groups is 1. The summed E-state index contributed by atoms with van der Waals surface area (Å²) in [5.41, 5.74) is 7.14. The molecular weight excluding hydrogens is 232 g/mol. The molecule has 0 aliphatic rings. The van der Waals surface area contributed by atoms with Gasteiger partial charge in [0.25, 0.3) is 0 Å². The number of hydrogen-bond acceptors (Lipinski definition) is 4. The SMILES string of the molecule is Cc1ccsc1C(C(C)N)N(C)C(C)(C)CO. The van der Waals surface area contributed by atoms with Crippen molar-refractivity contribution < 1.29 is 5.11 Å². The third kappa shape index (κ3) is 3.07. The van der Waals surface area contributed by atoms with Crippen molar-refractivity contribution in [3.63, 3.8) is 0 Å². The Morgan fingerprint density at radius 2 is 2.12 bits per heavy atom. The summed E-state index contributed by atoms with van der Waals surface area (Å²) in [6, 6.07) is 2.30. The van der Waals surface area contributed by atoms with Crippen LogP contribution in [0.2, 0.25) is 0 Å². The number of rotatable bonds is 5. The molecule has 3 nitrogen and oxygen atoms in total.